The fourth-order valence-corrected chi connectivity index (χ4v) is 7.11. The van der Waals surface area contributed by atoms with E-state index in [9.17, 15) is 5.11 Å². The summed E-state index contributed by atoms with van der Waals surface area (Å²) >= 11 is 0. The SMILES string of the molecule is CC(C)(C)CCC(O)CC12CC3CC(C)(CC(C)(C3)C1)C2. The van der Waals surface area contributed by atoms with Crippen LogP contribution in [-0.4, -0.2) is 11.2 Å². The van der Waals surface area contributed by atoms with Crippen molar-refractivity contribution < 1.29 is 5.11 Å². The number of hydrogen-bond acceptors (Lipinski definition) is 1. The van der Waals surface area contributed by atoms with E-state index in [1.165, 1.54) is 38.5 Å². The van der Waals surface area contributed by atoms with E-state index in [0.29, 0.717) is 21.7 Å². The van der Waals surface area contributed by atoms with Crippen molar-refractivity contribution in [3.63, 3.8) is 0 Å². The predicted octanol–water partition coefficient (Wildman–Crippen LogP) is 5.56. The van der Waals surface area contributed by atoms with Crippen LogP contribution in [-0.2, 0) is 0 Å². The van der Waals surface area contributed by atoms with Crippen LogP contribution in [0, 0.1) is 27.6 Å². The van der Waals surface area contributed by atoms with Crippen LogP contribution >= 0.6 is 0 Å². The Labute approximate surface area is 131 Å². The summed E-state index contributed by atoms with van der Waals surface area (Å²) in [5.41, 5.74) is 1.98. The minimum Gasteiger partial charge on any atom is -0.393 e. The zero-order valence-electron chi connectivity index (χ0n) is 15.0. The molecule has 21 heavy (non-hydrogen) atoms. The summed E-state index contributed by atoms with van der Waals surface area (Å²) in [5, 5.41) is 10.6. The molecule has 1 nitrogen and oxygen atoms in total. The monoisotopic (exact) mass is 292 g/mol. The Morgan fingerprint density at radius 1 is 1.00 bits per heavy atom. The van der Waals surface area contributed by atoms with Crippen LogP contribution in [0.25, 0.3) is 0 Å². The van der Waals surface area contributed by atoms with Gasteiger partial charge in [-0.15, -0.1) is 0 Å². The summed E-state index contributed by atoms with van der Waals surface area (Å²) in [6, 6.07) is 0. The maximum absolute atomic E-state index is 10.6. The number of hydrogen-bond donors (Lipinski definition) is 1. The minimum absolute atomic E-state index is 0.0762. The smallest absolute Gasteiger partial charge is 0.0545 e. The molecule has 3 unspecified atom stereocenters. The van der Waals surface area contributed by atoms with Crippen LogP contribution in [0.15, 0.2) is 0 Å². The molecule has 4 rings (SSSR count). The lowest BCUT2D eigenvalue weighted by atomic mass is 9.39. The molecule has 0 aliphatic heterocycles. The molecule has 0 aromatic heterocycles. The van der Waals surface area contributed by atoms with Crippen molar-refractivity contribution in [2.24, 2.45) is 27.6 Å². The fourth-order valence-electron chi connectivity index (χ4n) is 7.11. The number of aliphatic hydroxyl groups is 1. The largest absolute Gasteiger partial charge is 0.393 e. The van der Waals surface area contributed by atoms with Crippen molar-refractivity contribution in [3.05, 3.63) is 0 Å². The fraction of sp³-hybridized carbons (Fsp3) is 1.00. The molecule has 0 heterocycles. The normalized spacial score (nSPS) is 46.9. The second-order valence-electron chi connectivity index (χ2n) is 11.1. The molecule has 4 aliphatic rings. The highest BCUT2D eigenvalue weighted by atomic mass is 16.3. The van der Waals surface area contributed by atoms with Gasteiger partial charge in [0.25, 0.3) is 0 Å². The molecule has 4 aliphatic carbocycles. The zero-order chi connectivity index (χ0) is 15.5. The van der Waals surface area contributed by atoms with Crippen LogP contribution in [0.4, 0.5) is 0 Å². The van der Waals surface area contributed by atoms with E-state index in [4.69, 9.17) is 0 Å². The molecule has 1 N–H and O–H groups in total. The van der Waals surface area contributed by atoms with Gasteiger partial charge in [0.05, 0.1) is 6.10 Å². The molecule has 0 aromatic carbocycles. The Kier molecular flexibility index (Phi) is 3.57. The number of rotatable bonds is 4. The average molecular weight is 293 g/mol. The molecular weight excluding hydrogens is 256 g/mol. The van der Waals surface area contributed by atoms with Gasteiger partial charge in [0, 0.05) is 0 Å². The molecule has 4 bridgehead atoms. The summed E-state index contributed by atoms with van der Waals surface area (Å²) in [4.78, 5) is 0. The van der Waals surface area contributed by atoms with E-state index in [2.05, 4.69) is 34.6 Å². The summed E-state index contributed by atoms with van der Waals surface area (Å²) in [7, 11) is 0. The van der Waals surface area contributed by atoms with Gasteiger partial charge >= 0.3 is 0 Å². The predicted molar refractivity (Wildman–Crippen MR) is 89.2 cm³/mol. The summed E-state index contributed by atoms with van der Waals surface area (Å²) in [6.07, 6.45) is 11.7. The van der Waals surface area contributed by atoms with Gasteiger partial charge in [0.2, 0.25) is 0 Å². The third kappa shape index (κ3) is 3.33. The molecule has 1 heteroatoms. The van der Waals surface area contributed by atoms with Crippen molar-refractivity contribution in [1.29, 1.82) is 0 Å². The van der Waals surface area contributed by atoms with Gasteiger partial charge in [-0.05, 0) is 85.4 Å². The third-order valence-corrected chi connectivity index (χ3v) is 6.64. The van der Waals surface area contributed by atoms with Gasteiger partial charge in [-0.2, -0.15) is 0 Å². The second-order valence-corrected chi connectivity index (χ2v) is 11.1. The quantitative estimate of drug-likeness (QED) is 0.719. The summed E-state index contributed by atoms with van der Waals surface area (Å²) < 4.78 is 0. The highest BCUT2D eigenvalue weighted by molar-refractivity contribution is 5.10. The molecule has 0 spiro atoms. The molecule has 3 atom stereocenters. The van der Waals surface area contributed by atoms with Crippen LogP contribution in [0.2, 0.25) is 0 Å². The molecule has 4 saturated carbocycles. The molecule has 4 fully saturated rings. The lowest BCUT2D eigenvalue weighted by Crippen LogP contribution is -2.55. The maximum atomic E-state index is 10.6. The standard InChI is InChI=1S/C20H36O/c1-17(2,3)7-6-16(21)11-20-10-15-8-18(4,13-20)12-19(5,9-15)14-20/h15-16,21H,6-14H2,1-5H3. The zero-order valence-corrected chi connectivity index (χ0v) is 15.0. The first kappa shape index (κ1) is 15.8. The van der Waals surface area contributed by atoms with Gasteiger partial charge in [-0.1, -0.05) is 34.6 Å². The topological polar surface area (TPSA) is 20.2 Å². The van der Waals surface area contributed by atoms with Gasteiger partial charge in [-0.3, -0.25) is 0 Å². The second kappa shape index (κ2) is 4.73. The Bertz CT molecular complexity index is 387. The highest BCUT2D eigenvalue weighted by Gasteiger charge is 2.60. The van der Waals surface area contributed by atoms with E-state index >= 15 is 0 Å². The van der Waals surface area contributed by atoms with E-state index in [1.807, 2.05) is 0 Å². The van der Waals surface area contributed by atoms with Crippen LogP contribution in [0.3, 0.4) is 0 Å². The molecule has 0 aromatic rings. The Balaban J connectivity index is 1.67. The van der Waals surface area contributed by atoms with E-state index in [1.54, 1.807) is 0 Å². The first-order chi connectivity index (χ1) is 9.51. The summed E-state index contributed by atoms with van der Waals surface area (Å²) in [6.45, 7) is 11.9. The highest BCUT2D eigenvalue weighted by Crippen LogP contribution is 2.70. The van der Waals surface area contributed by atoms with Gasteiger partial charge in [-0.25, -0.2) is 0 Å². The lowest BCUT2D eigenvalue weighted by Gasteiger charge is -2.66. The Hall–Kier alpha value is -0.0400. The first-order valence-electron chi connectivity index (χ1n) is 9.19. The lowest BCUT2D eigenvalue weighted by molar-refractivity contribution is -0.157. The molecule has 122 valence electrons. The molecular formula is C20H36O. The van der Waals surface area contributed by atoms with Crippen molar-refractivity contribution in [2.75, 3.05) is 0 Å². The molecule has 0 amide bonds. The summed E-state index contributed by atoms with van der Waals surface area (Å²) in [5.74, 6) is 0.950. The van der Waals surface area contributed by atoms with Gasteiger partial charge in [0.15, 0.2) is 0 Å². The average Bonchev–Trinajstić information content (AvgIpc) is 2.19. The first-order valence-corrected chi connectivity index (χ1v) is 9.19. The van der Waals surface area contributed by atoms with Gasteiger partial charge < -0.3 is 5.11 Å². The van der Waals surface area contributed by atoms with Crippen molar-refractivity contribution >= 4 is 0 Å². The van der Waals surface area contributed by atoms with Crippen LogP contribution in [0.5, 0.6) is 0 Å². The van der Waals surface area contributed by atoms with Crippen LogP contribution in [0.1, 0.15) is 92.4 Å². The van der Waals surface area contributed by atoms with Gasteiger partial charge in [0.1, 0.15) is 0 Å². The van der Waals surface area contributed by atoms with E-state index in [-0.39, 0.29) is 6.10 Å². The molecule has 0 radical (unpaired) electrons. The van der Waals surface area contributed by atoms with Crippen LogP contribution < -0.4 is 0 Å². The Morgan fingerprint density at radius 3 is 2.05 bits per heavy atom. The molecule has 0 saturated heterocycles. The van der Waals surface area contributed by atoms with E-state index < -0.39 is 0 Å². The minimum atomic E-state index is -0.0762. The third-order valence-electron chi connectivity index (χ3n) is 6.64. The maximum Gasteiger partial charge on any atom is 0.0545 e. The van der Waals surface area contributed by atoms with Crippen molar-refractivity contribution in [2.45, 2.75) is 98.5 Å². The number of aliphatic hydroxyl groups excluding tert-OH is 1. The van der Waals surface area contributed by atoms with Crippen molar-refractivity contribution in [3.8, 4) is 0 Å². The van der Waals surface area contributed by atoms with Crippen molar-refractivity contribution in [1.82, 2.24) is 0 Å². The van der Waals surface area contributed by atoms with E-state index in [0.717, 1.165) is 25.2 Å². The Morgan fingerprint density at radius 2 is 1.57 bits per heavy atom.